The highest BCUT2D eigenvalue weighted by molar-refractivity contribution is 6.05. The topological polar surface area (TPSA) is 69.2 Å². The van der Waals surface area contributed by atoms with E-state index in [1.807, 2.05) is 0 Å². The van der Waals surface area contributed by atoms with Crippen LogP contribution in [0.5, 0.6) is 0 Å². The molecule has 5 heteroatoms. The van der Waals surface area contributed by atoms with Crippen LogP contribution in [0.15, 0.2) is 9.98 Å². The molecule has 2 aliphatic heterocycles. The second-order valence-electron chi connectivity index (χ2n) is 7.80. The summed E-state index contributed by atoms with van der Waals surface area (Å²) in [5, 5.41) is 0. The third kappa shape index (κ3) is 3.14. The van der Waals surface area contributed by atoms with Crippen LogP contribution in [0.1, 0.15) is 41.5 Å². The van der Waals surface area contributed by atoms with Crippen molar-refractivity contribution in [3.05, 3.63) is 0 Å². The van der Waals surface area contributed by atoms with Gasteiger partial charge in [-0.25, -0.2) is 9.98 Å². The van der Waals surface area contributed by atoms with Crippen molar-refractivity contribution in [2.75, 3.05) is 13.2 Å². The van der Waals surface area contributed by atoms with Gasteiger partial charge in [-0.05, 0) is 10.8 Å². The van der Waals surface area contributed by atoms with Crippen LogP contribution in [0.3, 0.4) is 0 Å². The normalized spacial score (nSPS) is 28.6. The number of nitrogens with zero attached hydrogens (tertiary/aromatic N) is 2. The summed E-state index contributed by atoms with van der Waals surface area (Å²) in [5.41, 5.74) is 6.34. The summed E-state index contributed by atoms with van der Waals surface area (Å²) in [7, 11) is 0. The number of nitrogens with two attached hydrogens (primary N) is 1. The Morgan fingerprint density at radius 2 is 1.25 bits per heavy atom. The van der Waals surface area contributed by atoms with Crippen molar-refractivity contribution in [1.29, 1.82) is 0 Å². The molecule has 2 N–H and O–H groups in total. The lowest BCUT2D eigenvalue weighted by Gasteiger charge is -2.21. The van der Waals surface area contributed by atoms with E-state index in [1.165, 1.54) is 0 Å². The molecule has 2 aliphatic rings. The maximum Gasteiger partial charge on any atom is 0.211 e. The van der Waals surface area contributed by atoms with Crippen molar-refractivity contribution in [2.24, 2.45) is 26.5 Å². The highest BCUT2D eigenvalue weighted by Gasteiger charge is 2.37. The van der Waals surface area contributed by atoms with Crippen molar-refractivity contribution in [3.63, 3.8) is 0 Å². The Morgan fingerprint density at radius 1 is 0.900 bits per heavy atom. The molecule has 0 aromatic rings. The zero-order chi connectivity index (χ0) is 15.1. The first kappa shape index (κ1) is 15.3. The van der Waals surface area contributed by atoms with Crippen LogP contribution >= 0.6 is 0 Å². The quantitative estimate of drug-likeness (QED) is 0.841. The van der Waals surface area contributed by atoms with Gasteiger partial charge in [0.25, 0.3) is 0 Å². The highest BCUT2D eigenvalue weighted by atomic mass is 16.5. The van der Waals surface area contributed by atoms with Crippen LogP contribution < -0.4 is 5.73 Å². The van der Waals surface area contributed by atoms with E-state index in [-0.39, 0.29) is 22.9 Å². The Balaban J connectivity index is 2.08. The first-order valence-corrected chi connectivity index (χ1v) is 7.25. The average Bonchev–Trinajstić information content (AvgIpc) is 2.96. The fourth-order valence-corrected chi connectivity index (χ4v) is 2.12. The van der Waals surface area contributed by atoms with Crippen molar-refractivity contribution in [3.8, 4) is 0 Å². The van der Waals surface area contributed by atoms with Crippen LogP contribution in [0.2, 0.25) is 0 Å². The van der Waals surface area contributed by atoms with E-state index >= 15 is 0 Å². The minimum Gasteiger partial charge on any atom is -0.477 e. The van der Waals surface area contributed by atoms with Crippen molar-refractivity contribution >= 4 is 11.8 Å². The zero-order valence-corrected chi connectivity index (χ0v) is 13.4. The first-order chi connectivity index (χ1) is 9.09. The van der Waals surface area contributed by atoms with E-state index in [0.29, 0.717) is 25.0 Å². The van der Waals surface area contributed by atoms with Crippen LogP contribution in [0.4, 0.5) is 0 Å². The number of ether oxygens (including phenoxy) is 2. The molecular formula is C15H27N3O2. The molecule has 114 valence electrons. The van der Waals surface area contributed by atoms with Gasteiger partial charge >= 0.3 is 0 Å². The standard InChI is InChI=1S/C15H27N3O2/c1-14(2,3)9-7-19-12(17-9)11(16)13-18-10(8-20-13)15(4,5)6/h9-11H,7-8,16H2,1-6H3. The van der Waals surface area contributed by atoms with Gasteiger partial charge in [-0.2, -0.15) is 0 Å². The van der Waals surface area contributed by atoms with Gasteiger partial charge in [-0.3, -0.25) is 0 Å². The van der Waals surface area contributed by atoms with E-state index < -0.39 is 6.04 Å². The van der Waals surface area contributed by atoms with E-state index in [9.17, 15) is 0 Å². The largest absolute Gasteiger partial charge is 0.477 e. The Labute approximate surface area is 121 Å². The Bertz CT molecular complexity index is 389. The van der Waals surface area contributed by atoms with E-state index in [4.69, 9.17) is 15.2 Å². The number of hydrogen-bond acceptors (Lipinski definition) is 5. The third-order valence-corrected chi connectivity index (χ3v) is 3.88. The predicted molar refractivity (Wildman–Crippen MR) is 81.2 cm³/mol. The monoisotopic (exact) mass is 281 g/mol. The van der Waals surface area contributed by atoms with Gasteiger partial charge < -0.3 is 15.2 Å². The summed E-state index contributed by atoms with van der Waals surface area (Å²) in [5.74, 6) is 1.11. The molecule has 0 aromatic carbocycles. The van der Waals surface area contributed by atoms with Gasteiger partial charge in [0, 0.05) is 0 Å². The van der Waals surface area contributed by atoms with Crippen LogP contribution in [0, 0.1) is 10.8 Å². The van der Waals surface area contributed by atoms with E-state index in [2.05, 4.69) is 51.5 Å². The maximum atomic E-state index is 6.18. The highest BCUT2D eigenvalue weighted by Crippen LogP contribution is 2.28. The van der Waals surface area contributed by atoms with Crippen molar-refractivity contribution in [1.82, 2.24) is 0 Å². The lowest BCUT2D eigenvalue weighted by molar-refractivity contribution is 0.226. The van der Waals surface area contributed by atoms with Crippen LogP contribution in [-0.2, 0) is 9.47 Å². The molecule has 0 saturated carbocycles. The molecule has 0 spiro atoms. The SMILES string of the molecule is CC(C)(C)C1COC(C(N)C2=NC(C(C)(C)C)CO2)=N1. The lowest BCUT2D eigenvalue weighted by atomic mass is 9.88. The molecule has 5 nitrogen and oxygen atoms in total. The molecule has 0 saturated heterocycles. The van der Waals surface area contributed by atoms with Crippen LogP contribution in [-0.4, -0.2) is 43.1 Å². The number of hydrogen-bond donors (Lipinski definition) is 1. The fourth-order valence-electron chi connectivity index (χ4n) is 2.12. The van der Waals surface area contributed by atoms with Gasteiger partial charge in [0.1, 0.15) is 13.2 Å². The molecular weight excluding hydrogens is 254 g/mol. The second kappa shape index (κ2) is 5.02. The van der Waals surface area contributed by atoms with E-state index in [0.717, 1.165) is 0 Å². The first-order valence-electron chi connectivity index (χ1n) is 7.25. The Hall–Kier alpha value is -1.10. The predicted octanol–water partition coefficient (Wildman–Crippen LogP) is 2.00. The van der Waals surface area contributed by atoms with Crippen LogP contribution in [0.25, 0.3) is 0 Å². The maximum absolute atomic E-state index is 6.18. The third-order valence-electron chi connectivity index (χ3n) is 3.88. The minimum absolute atomic E-state index is 0.0771. The minimum atomic E-state index is -0.477. The summed E-state index contributed by atoms with van der Waals surface area (Å²) in [4.78, 5) is 9.20. The number of aliphatic imine (C=N–C) groups is 2. The summed E-state index contributed by atoms with van der Waals surface area (Å²) in [6.45, 7) is 14.1. The Kier molecular flexibility index (Phi) is 3.84. The van der Waals surface area contributed by atoms with Gasteiger partial charge in [0.05, 0.1) is 12.1 Å². The zero-order valence-electron chi connectivity index (χ0n) is 13.4. The lowest BCUT2D eigenvalue weighted by Crippen LogP contribution is -2.39. The summed E-state index contributed by atoms with van der Waals surface area (Å²) >= 11 is 0. The summed E-state index contributed by atoms with van der Waals surface area (Å²) in [6, 6.07) is -0.192. The van der Waals surface area contributed by atoms with Gasteiger partial charge in [0.2, 0.25) is 11.8 Å². The van der Waals surface area contributed by atoms with Gasteiger partial charge in [-0.15, -0.1) is 0 Å². The molecule has 0 amide bonds. The van der Waals surface area contributed by atoms with Crippen molar-refractivity contribution in [2.45, 2.75) is 59.7 Å². The molecule has 0 radical (unpaired) electrons. The molecule has 0 aliphatic carbocycles. The summed E-state index contributed by atoms with van der Waals surface area (Å²) in [6.07, 6.45) is 0. The van der Waals surface area contributed by atoms with Crippen molar-refractivity contribution < 1.29 is 9.47 Å². The number of rotatable bonds is 2. The molecule has 0 bridgehead atoms. The summed E-state index contributed by atoms with van der Waals surface area (Å²) < 4.78 is 11.3. The smallest absolute Gasteiger partial charge is 0.211 e. The molecule has 2 atom stereocenters. The molecule has 2 rings (SSSR count). The molecule has 2 unspecified atom stereocenters. The Morgan fingerprint density at radius 3 is 1.50 bits per heavy atom. The van der Waals surface area contributed by atoms with Gasteiger partial charge in [0.15, 0.2) is 6.04 Å². The average molecular weight is 281 g/mol. The van der Waals surface area contributed by atoms with E-state index in [1.54, 1.807) is 0 Å². The molecule has 0 aromatic heterocycles. The molecule has 2 heterocycles. The van der Waals surface area contributed by atoms with Gasteiger partial charge in [-0.1, -0.05) is 41.5 Å². The molecule has 20 heavy (non-hydrogen) atoms. The second-order valence-corrected chi connectivity index (χ2v) is 7.80. The fraction of sp³-hybridized carbons (Fsp3) is 0.867. The molecule has 0 fully saturated rings.